The molecule has 278 valence electrons. The van der Waals surface area contributed by atoms with Crippen molar-refractivity contribution in [3.05, 3.63) is 194 Å². The number of aromatic nitrogens is 4. The van der Waals surface area contributed by atoms with Crippen molar-refractivity contribution in [3.8, 4) is 39.9 Å². The van der Waals surface area contributed by atoms with Gasteiger partial charge in [-0.15, -0.1) is 0 Å². The van der Waals surface area contributed by atoms with Gasteiger partial charge in [0.25, 0.3) is 0 Å². The van der Waals surface area contributed by atoms with Crippen LogP contribution in [0.3, 0.4) is 0 Å². The Morgan fingerprint density at radius 1 is 0.333 bits per heavy atom. The zero-order valence-electron chi connectivity index (χ0n) is 32.2. The van der Waals surface area contributed by atoms with Gasteiger partial charge in [0.05, 0.1) is 16.7 Å². The molecule has 0 aliphatic rings. The Morgan fingerprint density at radius 3 is 1.70 bits per heavy atom. The van der Waals surface area contributed by atoms with Crippen LogP contribution in [0.5, 0.6) is 0 Å². The number of hydrogen-bond acceptors (Lipinski definition) is 4. The molecule has 3 aromatic heterocycles. The summed E-state index contributed by atoms with van der Waals surface area (Å²) in [6, 6.07) is 68.7. The molecule has 13 rings (SSSR count). The lowest BCUT2D eigenvalue weighted by Gasteiger charge is -2.13. The SMILES string of the molecule is c1ccc(-c2nc(-c3ccc4ccccc4c3)nc(-c3ccc4oc5c6ccccc6c(-n6c7cc8ccccc8cc7c7c8ccccc8ccc76)cc5c4c3)n2)cc1. The molecule has 5 heteroatoms. The maximum atomic E-state index is 6.78. The Hall–Kier alpha value is -8.15. The fourth-order valence-corrected chi connectivity index (χ4v) is 9.31. The van der Waals surface area contributed by atoms with Crippen LogP contribution in [0.1, 0.15) is 0 Å². The van der Waals surface area contributed by atoms with E-state index in [1.165, 1.54) is 37.7 Å². The summed E-state index contributed by atoms with van der Waals surface area (Å²) >= 11 is 0. The van der Waals surface area contributed by atoms with Gasteiger partial charge in [-0.2, -0.15) is 0 Å². The molecule has 0 aliphatic carbocycles. The summed E-state index contributed by atoms with van der Waals surface area (Å²) in [5, 5.41) is 13.9. The summed E-state index contributed by atoms with van der Waals surface area (Å²) < 4.78 is 9.24. The van der Waals surface area contributed by atoms with Crippen LogP contribution in [0.25, 0.3) is 127 Å². The number of furan rings is 1. The highest BCUT2D eigenvalue weighted by Gasteiger charge is 2.21. The molecule has 0 spiro atoms. The van der Waals surface area contributed by atoms with Gasteiger partial charge in [0, 0.05) is 49.0 Å². The molecular formula is C55H32N4O. The van der Waals surface area contributed by atoms with Crippen LogP contribution >= 0.6 is 0 Å². The van der Waals surface area contributed by atoms with Crippen LogP contribution in [0.15, 0.2) is 199 Å². The summed E-state index contributed by atoms with van der Waals surface area (Å²) in [5.41, 5.74) is 7.85. The molecule has 3 heterocycles. The number of hydrogen-bond donors (Lipinski definition) is 0. The molecule has 0 saturated heterocycles. The first-order valence-electron chi connectivity index (χ1n) is 20.3. The van der Waals surface area contributed by atoms with Crippen molar-refractivity contribution in [2.75, 3.05) is 0 Å². The molecule has 0 aliphatic heterocycles. The van der Waals surface area contributed by atoms with Crippen LogP contribution in [0, 0.1) is 0 Å². The minimum atomic E-state index is 0.602. The largest absolute Gasteiger partial charge is 0.455 e. The summed E-state index contributed by atoms with van der Waals surface area (Å²) in [6.07, 6.45) is 0. The van der Waals surface area contributed by atoms with Gasteiger partial charge in [0.1, 0.15) is 11.2 Å². The third-order valence-corrected chi connectivity index (χ3v) is 12.2. The molecule has 10 aromatic carbocycles. The summed E-state index contributed by atoms with van der Waals surface area (Å²) in [7, 11) is 0. The zero-order valence-corrected chi connectivity index (χ0v) is 32.2. The van der Waals surface area contributed by atoms with E-state index in [0.717, 1.165) is 71.5 Å². The van der Waals surface area contributed by atoms with Crippen molar-refractivity contribution in [1.82, 2.24) is 19.5 Å². The predicted molar refractivity (Wildman–Crippen MR) is 248 cm³/mol. The molecule has 0 N–H and O–H groups in total. The lowest BCUT2D eigenvalue weighted by Crippen LogP contribution is -2.00. The summed E-state index contributed by atoms with van der Waals surface area (Å²) in [4.78, 5) is 15.3. The minimum Gasteiger partial charge on any atom is -0.455 e. The molecule has 0 unspecified atom stereocenters. The number of fused-ring (bicyclic) bond motifs is 12. The smallest absolute Gasteiger partial charge is 0.164 e. The molecule has 5 nitrogen and oxygen atoms in total. The lowest BCUT2D eigenvalue weighted by molar-refractivity contribution is 0.672. The van der Waals surface area contributed by atoms with Crippen LogP contribution in [-0.4, -0.2) is 19.5 Å². The van der Waals surface area contributed by atoms with E-state index >= 15 is 0 Å². The van der Waals surface area contributed by atoms with E-state index in [4.69, 9.17) is 19.4 Å². The molecule has 13 aromatic rings. The van der Waals surface area contributed by atoms with Gasteiger partial charge in [0.15, 0.2) is 17.5 Å². The molecule has 0 fully saturated rings. The third-order valence-electron chi connectivity index (χ3n) is 12.2. The van der Waals surface area contributed by atoms with E-state index in [9.17, 15) is 0 Å². The highest BCUT2D eigenvalue weighted by atomic mass is 16.3. The standard InChI is InChI=1S/C55H32N4O/c1-2-14-35(15-3-1)53-56-54(39-23-22-33-12-4-5-16-36(33)28-39)58-55(57-53)40-25-27-50-44(30-40)45-32-49(42-20-10-11-21-43(42)52(45)60-50)59-47-26-24-34-13-8-9-19-41(34)51(47)46-29-37-17-6-7-18-38(37)31-48(46)59/h1-32H. The van der Waals surface area contributed by atoms with Gasteiger partial charge in [-0.1, -0.05) is 146 Å². The van der Waals surface area contributed by atoms with Crippen LogP contribution < -0.4 is 0 Å². The normalized spacial score (nSPS) is 12.0. The average Bonchev–Trinajstić information content (AvgIpc) is 3.85. The fraction of sp³-hybridized carbons (Fsp3) is 0. The number of rotatable bonds is 4. The highest BCUT2D eigenvalue weighted by Crippen LogP contribution is 2.44. The van der Waals surface area contributed by atoms with Crippen molar-refractivity contribution < 1.29 is 4.42 Å². The molecule has 60 heavy (non-hydrogen) atoms. The Bertz CT molecular complexity index is 3900. The maximum absolute atomic E-state index is 6.78. The third kappa shape index (κ3) is 4.96. The quantitative estimate of drug-likeness (QED) is 0.179. The monoisotopic (exact) mass is 764 g/mol. The number of benzene rings is 10. The molecule has 0 amide bonds. The Labute approximate surface area is 343 Å². The zero-order chi connectivity index (χ0) is 39.3. The summed E-state index contributed by atoms with van der Waals surface area (Å²) in [5.74, 6) is 1.85. The van der Waals surface area contributed by atoms with Gasteiger partial charge in [-0.3, -0.25) is 0 Å². The maximum Gasteiger partial charge on any atom is 0.164 e. The molecule has 0 atom stereocenters. The second-order valence-corrected chi connectivity index (χ2v) is 15.6. The van der Waals surface area contributed by atoms with Gasteiger partial charge in [-0.25, -0.2) is 15.0 Å². The van der Waals surface area contributed by atoms with Gasteiger partial charge >= 0.3 is 0 Å². The van der Waals surface area contributed by atoms with Gasteiger partial charge in [-0.05, 0) is 80.8 Å². The molecular weight excluding hydrogens is 733 g/mol. The Morgan fingerprint density at radius 2 is 0.917 bits per heavy atom. The van der Waals surface area contributed by atoms with Crippen molar-refractivity contribution in [3.63, 3.8) is 0 Å². The Balaban J connectivity index is 1.07. The van der Waals surface area contributed by atoms with E-state index in [0.29, 0.717) is 17.5 Å². The van der Waals surface area contributed by atoms with Crippen LogP contribution in [0.2, 0.25) is 0 Å². The van der Waals surface area contributed by atoms with Crippen molar-refractivity contribution >= 4 is 86.8 Å². The topological polar surface area (TPSA) is 56.7 Å². The van der Waals surface area contributed by atoms with E-state index < -0.39 is 0 Å². The van der Waals surface area contributed by atoms with Gasteiger partial charge < -0.3 is 8.98 Å². The van der Waals surface area contributed by atoms with Crippen LogP contribution in [-0.2, 0) is 0 Å². The lowest BCUT2D eigenvalue weighted by atomic mass is 10.0. The van der Waals surface area contributed by atoms with E-state index in [1.807, 2.05) is 30.3 Å². The first-order valence-corrected chi connectivity index (χ1v) is 20.3. The van der Waals surface area contributed by atoms with E-state index in [1.54, 1.807) is 0 Å². The van der Waals surface area contributed by atoms with E-state index in [2.05, 4.69) is 168 Å². The van der Waals surface area contributed by atoms with Crippen molar-refractivity contribution in [2.45, 2.75) is 0 Å². The molecule has 0 bridgehead atoms. The van der Waals surface area contributed by atoms with Gasteiger partial charge in [0.2, 0.25) is 0 Å². The van der Waals surface area contributed by atoms with Crippen LogP contribution in [0.4, 0.5) is 0 Å². The highest BCUT2D eigenvalue weighted by molar-refractivity contribution is 6.25. The Kier molecular flexibility index (Phi) is 6.95. The van der Waals surface area contributed by atoms with E-state index in [-0.39, 0.29) is 0 Å². The minimum absolute atomic E-state index is 0.602. The number of nitrogens with zero attached hydrogens (tertiary/aromatic N) is 4. The average molecular weight is 765 g/mol. The predicted octanol–water partition coefficient (Wildman–Crippen LogP) is 14.5. The first kappa shape index (κ1) is 32.9. The van der Waals surface area contributed by atoms with Crippen molar-refractivity contribution in [2.24, 2.45) is 0 Å². The summed E-state index contributed by atoms with van der Waals surface area (Å²) in [6.45, 7) is 0. The fourth-order valence-electron chi connectivity index (χ4n) is 9.31. The van der Waals surface area contributed by atoms with Crippen molar-refractivity contribution in [1.29, 1.82) is 0 Å². The molecule has 0 radical (unpaired) electrons. The second-order valence-electron chi connectivity index (χ2n) is 15.6. The first-order chi connectivity index (χ1) is 29.7. The second kappa shape index (κ2) is 12.7. The molecule has 0 saturated carbocycles.